The number of hydrogen-bond donors (Lipinski definition) is 2. The fourth-order valence-electron chi connectivity index (χ4n) is 2.57. The van der Waals surface area contributed by atoms with E-state index in [1.165, 1.54) is 23.5 Å². The molecule has 26 heavy (non-hydrogen) atoms. The van der Waals surface area contributed by atoms with Gasteiger partial charge in [0.15, 0.2) is 10.8 Å². The van der Waals surface area contributed by atoms with Gasteiger partial charge >= 0.3 is 5.97 Å². The molecule has 1 aromatic heterocycles. The lowest BCUT2D eigenvalue weighted by Gasteiger charge is -2.26. The summed E-state index contributed by atoms with van der Waals surface area (Å²) in [6, 6.07) is 3.37. The first-order valence-electron chi connectivity index (χ1n) is 7.75. The second-order valence-corrected chi connectivity index (χ2v) is 7.03. The van der Waals surface area contributed by atoms with E-state index in [0.717, 1.165) is 0 Å². The Morgan fingerprint density at radius 1 is 1.50 bits per heavy atom. The molecule has 0 fully saturated rings. The monoisotopic (exact) mass is 439 g/mol. The molecule has 0 saturated heterocycles. The molecule has 1 unspecified atom stereocenters. The third-order valence-corrected chi connectivity index (χ3v) is 5.14. The van der Waals surface area contributed by atoms with Gasteiger partial charge in [-0.3, -0.25) is 4.99 Å². The number of carbonyl (C=O) groups is 1. The van der Waals surface area contributed by atoms with Gasteiger partial charge in [0.05, 0.1) is 24.5 Å². The maximum absolute atomic E-state index is 13.5. The van der Waals surface area contributed by atoms with Gasteiger partial charge in [0.2, 0.25) is 0 Å². The van der Waals surface area contributed by atoms with Gasteiger partial charge < -0.3 is 15.2 Å². The van der Waals surface area contributed by atoms with Gasteiger partial charge in [0, 0.05) is 16.0 Å². The highest BCUT2D eigenvalue weighted by Gasteiger charge is 2.33. The lowest BCUT2D eigenvalue weighted by Crippen LogP contribution is -2.35. The molecule has 9 heteroatoms. The summed E-state index contributed by atoms with van der Waals surface area (Å²) in [5, 5.41) is 15.2. The van der Waals surface area contributed by atoms with Gasteiger partial charge in [-0.15, -0.1) is 11.3 Å². The summed E-state index contributed by atoms with van der Waals surface area (Å²) in [7, 11) is 0. The van der Waals surface area contributed by atoms with Crippen LogP contribution in [-0.4, -0.2) is 35.1 Å². The minimum atomic E-state index is -0.772. The zero-order valence-electron chi connectivity index (χ0n) is 13.7. The van der Waals surface area contributed by atoms with E-state index in [0.29, 0.717) is 20.9 Å². The Morgan fingerprint density at radius 3 is 2.92 bits per heavy atom. The molecule has 1 aliphatic heterocycles. The molecule has 2 heterocycles. The molecule has 6 nitrogen and oxygen atoms in total. The molecular formula is C17H15BrFN3O3S. The molecule has 1 aromatic carbocycles. The van der Waals surface area contributed by atoms with E-state index in [9.17, 15) is 14.3 Å². The van der Waals surface area contributed by atoms with Gasteiger partial charge in [-0.05, 0) is 24.6 Å². The summed E-state index contributed by atoms with van der Waals surface area (Å²) >= 11 is 4.70. The maximum Gasteiger partial charge on any atom is 0.338 e. The smallest absolute Gasteiger partial charge is 0.338 e. The third-order valence-electron chi connectivity index (χ3n) is 3.67. The Hall–Kier alpha value is -2.10. The van der Waals surface area contributed by atoms with Crippen LogP contribution >= 0.6 is 27.3 Å². The number of rotatable bonds is 5. The second-order valence-electron chi connectivity index (χ2n) is 5.28. The van der Waals surface area contributed by atoms with E-state index in [4.69, 9.17) is 4.74 Å². The number of carbonyl (C=O) groups excluding carboxylic acids is 1. The molecule has 0 saturated carbocycles. The van der Waals surface area contributed by atoms with E-state index in [-0.39, 0.29) is 17.9 Å². The topological polar surface area (TPSA) is 83.8 Å². The quantitative estimate of drug-likeness (QED) is 0.699. The Morgan fingerprint density at radius 2 is 2.31 bits per heavy atom. The third kappa shape index (κ3) is 3.69. The number of aromatic nitrogens is 1. The highest BCUT2D eigenvalue weighted by molar-refractivity contribution is 9.10. The zero-order chi connectivity index (χ0) is 18.7. The molecule has 0 radical (unpaired) electrons. The molecule has 0 bridgehead atoms. The van der Waals surface area contributed by atoms with Crippen molar-refractivity contribution in [3.05, 3.63) is 61.9 Å². The van der Waals surface area contributed by atoms with Gasteiger partial charge in [0.25, 0.3) is 0 Å². The standard InChI is InChI=1S/C17H15BrFN3O3S/c1-2-25-17(24)13-12(8-23)21-15(16-20-5-6-26-16)22-14(13)10-4-3-9(19)7-11(10)18/h3-7,14,23H,2,8H2,1H3,(H,21,22). The molecule has 0 spiro atoms. The van der Waals surface area contributed by atoms with Crippen LogP contribution in [0.1, 0.15) is 23.5 Å². The number of nitrogens with one attached hydrogen (secondary N) is 1. The average Bonchev–Trinajstić information content (AvgIpc) is 3.15. The van der Waals surface area contributed by atoms with E-state index in [1.807, 2.05) is 0 Å². The summed E-state index contributed by atoms with van der Waals surface area (Å²) in [4.78, 5) is 21.3. The van der Waals surface area contributed by atoms with E-state index < -0.39 is 24.4 Å². The Kier molecular flexibility index (Phi) is 5.80. The van der Waals surface area contributed by atoms with Crippen LogP contribution in [0.2, 0.25) is 0 Å². The van der Waals surface area contributed by atoms with Crippen molar-refractivity contribution in [3.8, 4) is 0 Å². The highest BCUT2D eigenvalue weighted by atomic mass is 79.9. The van der Waals surface area contributed by atoms with Crippen LogP contribution in [0, 0.1) is 5.82 Å². The number of halogens is 2. The van der Waals surface area contributed by atoms with Gasteiger partial charge in [-0.1, -0.05) is 22.0 Å². The van der Waals surface area contributed by atoms with Crippen LogP contribution in [0.5, 0.6) is 0 Å². The molecule has 0 amide bonds. The summed E-state index contributed by atoms with van der Waals surface area (Å²) in [5.41, 5.74) is 1.04. The molecule has 1 atom stereocenters. The van der Waals surface area contributed by atoms with Crippen molar-refractivity contribution in [2.45, 2.75) is 13.0 Å². The van der Waals surface area contributed by atoms with Crippen LogP contribution in [0.4, 0.5) is 4.39 Å². The fraction of sp³-hybridized carbons (Fsp3) is 0.235. The normalized spacial score (nSPS) is 16.9. The number of esters is 1. The number of ether oxygens (including phenoxy) is 1. The summed E-state index contributed by atoms with van der Waals surface area (Å²) in [6.07, 6.45) is 1.64. The van der Waals surface area contributed by atoms with Crippen LogP contribution in [0.3, 0.4) is 0 Å². The Labute approximate surface area is 161 Å². The molecule has 1 aliphatic rings. The molecule has 136 valence electrons. The molecule has 2 aromatic rings. The summed E-state index contributed by atoms with van der Waals surface area (Å²) in [5.74, 6) is -0.576. The number of thiazole rings is 1. The number of aliphatic hydroxyl groups excluding tert-OH is 1. The fourth-order valence-corrected chi connectivity index (χ4v) is 3.72. The lowest BCUT2D eigenvalue weighted by atomic mass is 9.95. The van der Waals surface area contributed by atoms with Crippen LogP contribution in [0.15, 0.2) is 50.5 Å². The second kappa shape index (κ2) is 8.07. The minimum Gasteiger partial charge on any atom is -0.463 e. The average molecular weight is 440 g/mol. The van der Waals surface area contributed by atoms with E-state index >= 15 is 0 Å². The van der Waals surface area contributed by atoms with Crippen molar-refractivity contribution < 1.29 is 19.0 Å². The van der Waals surface area contributed by atoms with Crippen molar-refractivity contribution in [1.82, 2.24) is 10.3 Å². The van der Waals surface area contributed by atoms with Gasteiger partial charge in [-0.25, -0.2) is 14.2 Å². The Bertz CT molecular complexity index is 883. The van der Waals surface area contributed by atoms with Gasteiger partial charge in [0.1, 0.15) is 11.9 Å². The first-order chi connectivity index (χ1) is 12.5. The van der Waals surface area contributed by atoms with Crippen molar-refractivity contribution in [2.24, 2.45) is 4.99 Å². The van der Waals surface area contributed by atoms with Crippen molar-refractivity contribution in [1.29, 1.82) is 0 Å². The number of aliphatic hydroxyl groups is 1. The predicted octanol–water partition coefficient (Wildman–Crippen LogP) is 2.95. The number of aliphatic imine (C=N–C) groups is 1. The highest BCUT2D eigenvalue weighted by Crippen LogP contribution is 2.36. The summed E-state index contributed by atoms with van der Waals surface area (Å²) in [6.45, 7) is 1.47. The lowest BCUT2D eigenvalue weighted by molar-refractivity contribution is -0.139. The summed E-state index contributed by atoms with van der Waals surface area (Å²) < 4.78 is 19.1. The number of amidine groups is 1. The van der Waals surface area contributed by atoms with Crippen molar-refractivity contribution in [2.75, 3.05) is 13.2 Å². The SMILES string of the molecule is CCOC(=O)C1=C(CO)NC(c2nccs2)=NC1c1ccc(F)cc1Br. The number of nitrogens with zero attached hydrogens (tertiary/aromatic N) is 2. The first-order valence-corrected chi connectivity index (χ1v) is 9.43. The predicted molar refractivity (Wildman–Crippen MR) is 99.4 cm³/mol. The van der Waals surface area contributed by atoms with Crippen LogP contribution < -0.4 is 5.32 Å². The van der Waals surface area contributed by atoms with Gasteiger partial charge in [-0.2, -0.15) is 0 Å². The number of hydrogen-bond acceptors (Lipinski definition) is 7. The largest absolute Gasteiger partial charge is 0.463 e. The van der Waals surface area contributed by atoms with E-state index in [1.54, 1.807) is 24.6 Å². The van der Waals surface area contributed by atoms with Crippen LogP contribution in [0.25, 0.3) is 0 Å². The molecule has 2 N–H and O–H groups in total. The first kappa shape index (κ1) is 18.7. The molecular weight excluding hydrogens is 425 g/mol. The minimum absolute atomic E-state index is 0.182. The Balaban J connectivity index is 2.15. The molecule has 0 aliphatic carbocycles. The maximum atomic E-state index is 13.5. The van der Waals surface area contributed by atoms with Crippen molar-refractivity contribution >= 4 is 39.1 Å². The number of benzene rings is 1. The van der Waals surface area contributed by atoms with E-state index in [2.05, 4.69) is 31.2 Å². The zero-order valence-corrected chi connectivity index (χ0v) is 16.1. The van der Waals surface area contributed by atoms with Crippen LogP contribution in [-0.2, 0) is 9.53 Å². The molecule has 3 rings (SSSR count). The van der Waals surface area contributed by atoms with Crippen molar-refractivity contribution in [3.63, 3.8) is 0 Å².